The maximum atomic E-state index is 2.48. The number of nitrogens with zero attached hydrogens (tertiary/aromatic N) is 1. The van der Waals surface area contributed by atoms with Crippen LogP contribution < -0.4 is 0 Å². The molecule has 1 unspecified atom stereocenters. The van der Waals surface area contributed by atoms with E-state index in [0.29, 0.717) is 0 Å². The number of rotatable bonds is 0. The number of piperidine rings is 1. The predicted octanol–water partition coefficient (Wildman–Crippen LogP) is 2.52. The lowest BCUT2D eigenvalue weighted by Gasteiger charge is -2.41. The fourth-order valence-electron chi connectivity index (χ4n) is 3.12. The Kier molecular flexibility index (Phi) is 2.16. The highest BCUT2D eigenvalue weighted by Crippen LogP contribution is 2.49. The van der Waals surface area contributed by atoms with Crippen LogP contribution in [-0.4, -0.2) is 25.0 Å². The van der Waals surface area contributed by atoms with Gasteiger partial charge in [0.25, 0.3) is 0 Å². The normalized spacial score (nSPS) is 36.0. The number of hydrogen-bond acceptors (Lipinski definition) is 1. The van der Waals surface area contributed by atoms with Crippen molar-refractivity contribution in [1.82, 2.24) is 4.90 Å². The molecule has 1 nitrogen and oxygen atoms in total. The summed E-state index contributed by atoms with van der Waals surface area (Å²) >= 11 is 0. The molecule has 70 valence electrons. The minimum Gasteiger partial charge on any atom is -0.306 e. The smallest absolute Gasteiger partial charge is 0.00164 e. The minimum absolute atomic E-state index is 0.770. The standard InChI is InChI=1S/C11H21N/c1-10-4-3-5-11(10)6-8-12(2)9-7-11/h10H,3-9H2,1-2H3. The minimum atomic E-state index is 0.770. The lowest BCUT2D eigenvalue weighted by Crippen LogP contribution is -2.39. The first-order valence-electron chi connectivity index (χ1n) is 5.41. The summed E-state index contributed by atoms with van der Waals surface area (Å²) in [4.78, 5) is 2.48. The van der Waals surface area contributed by atoms with Gasteiger partial charge in [-0.15, -0.1) is 0 Å². The van der Waals surface area contributed by atoms with Crippen LogP contribution in [0.2, 0.25) is 0 Å². The van der Waals surface area contributed by atoms with Crippen molar-refractivity contribution in [3.8, 4) is 0 Å². The quantitative estimate of drug-likeness (QED) is 0.536. The maximum absolute atomic E-state index is 2.48. The second kappa shape index (κ2) is 3.02. The molecule has 2 fully saturated rings. The van der Waals surface area contributed by atoms with Crippen molar-refractivity contribution in [2.24, 2.45) is 11.3 Å². The molecule has 0 radical (unpaired) electrons. The molecule has 0 amide bonds. The van der Waals surface area contributed by atoms with Gasteiger partial charge in [0.2, 0.25) is 0 Å². The van der Waals surface area contributed by atoms with E-state index in [0.717, 1.165) is 11.3 Å². The van der Waals surface area contributed by atoms with Gasteiger partial charge in [-0.25, -0.2) is 0 Å². The van der Waals surface area contributed by atoms with Crippen molar-refractivity contribution in [1.29, 1.82) is 0 Å². The summed E-state index contributed by atoms with van der Waals surface area (Å²) in [5, 5.41) is 0. The van der Waals surface area contributed by atoms with E-state index >= 15 is 0 Å². The lowest BCUT2D eigenvalue weighted by molar-refractivity contribution is 0.0893. The van der Waals surface area contributed by atoms with Crippen molar-refractivity contribution >= 4 is 0 Å². The lowest BCUT2D eigenvalue weighted by atomic mass is 9.71. The third-order valence-electron chi connectivity index (χ3n) is 4.34. The highest BCUT2D eigenvalue weighted by Gasteiger charge is 2.41. The summed E-state index contributed by atoms with van der Waals surface area (Å²) in [5.41, 5.74) is 0.770. The van der Waals surface area contributed by atoms with E-state index in [2.05, 4.69) is 18.9 Å². The largest absolute Gasteiger partial charge is 0.306 e. The summed E-state index contributed by atoms with van der Waals surface area (Å²) < 4.78 is 0. The zero-order valence-electron chi connectivity index (χ0n) is 8.47. The van der Waals surface area contributed by atoms with E-state index in [9.17, 15) is 0 Å². The zero-order valence-corrected chi connectivity index (χ0v) is 8.47. The average Bonchev–Trinajstić information content (AvgIpc) is 2.41. The molecule has 0 N–H and O–H groups in total. The molecule has 1 saturated heterocycles. The Bertz CT molecular complexity index is 156. The van der Waals surface area contributed by atoms with Gasteiger partial charge in [-0.1, -0.05) is 19.8 Å². The molecule has 1 spiro atoms. The topological polar surface area (TPSA) is 3.24 Å². The second-order valence-corrected chi connectivity index (χ2v) is 4.96. The third-order valence-corrected chi connectivity index (χ3v) is 4.34. The van der Waals surface area contributed by atoms with E-state index < -0.39 is 0 Å². The van der Waals surface area contributed by atoms with Crippen LogP contribution in [0.4, 0.5) is 0 Å². The SMILES string of the molecule is CC1CCCC12CCN(C)CC2. The molecule has 2 rings (SSSR count). The Morgan fingerprint density at radius 1 is 1.17 bits per heavy atom. The van der Waals surface area contributed by atoms with E-state index in [4.69, 9.17) is 0 Å². The zero-order chi connectivity index (χ0) is 8.60. The number of hydrogen-bond donors (Lipinski definition) is 0. The van der Waals surface area contributed by atoms with E-state index in [1.165, 1.54) is 45.2 Å². The molecule has 1 saturated carbocycles. The molecular weight excluding hydrogens is 146 g/mol. The third kappa shape index (κ3) is 1.28. The van der Waals surface area contributed by atoms with Crippen LogP contribution in [0.15, 0.2) is 0 Å². The van der Waals surface area contributed by atoms with Crippen LogP contribution in [0.1, 0.15) is 39.0 Å². The first-order chi connectivity index (χ1) is 5.73. The monoisotopic (exact) mass is 167 g/mol. The van der Waals surface area contributed by atoms with Gasteiger partial charge in [-0.2, -0.15) is 0 Å². The van der Waals surface area contributed by atoms with E-state index in [1.54, 1.807) is 0 Å². The van der Waals surface area contributed by atoms with Crippen molar-refractivity contribution in [2.45, 2.75) is 39.0 Å². The summed E-state index contributed by atoms with van der Waals surface area (Å²) in [6.07, 6.45) is 7.42. The molecule has 0 bridgehead atoms. The maximum Gasteiger partial charge on any atom is -0.00164 e. The Morgan fingerprint density at radius 3 is 2.33 bits per heavy atom. The van der Waals surface area contributed by atoms with Crippen molar-refractivity contribution < 1.29 is 0 Å². The van der Waals surface area contributed by atoms with Crippen LogP contribution in [-0.2, 0) is 0 Å². The summed E-state index contributed by atoms with van der Waals surface area (Å²) in [5.74, 6) is 1.01. The summed E-state index contributed by atoms with van der Waals surface area (Å²) in [6.45, 7) is 5.15. The fraction of sp³-hybridized carbons (Fsp3) is 1.00. The van der Waals surface area contributed by atoms with Gasteiger partial charge < -0.3 is 4.90 Å². The van der Waals surface area contributed by atoms with Crippen molar-refractivity contribution in [3.63, 3.8) is 0 Å². The molecule has 0 aromatic carbocycles. The molecular formula is C11H21N. The van der Waals surface area contributed by atoms with Gasteiger partial charge in [0, 0.05) is 0 Å². The Labute approximate surface area is 76.1 Å². The van der Waals surface area contributed by atoms with Crippen molar-refractivity contribution in [2.75, 3.05) is 20.1 Å². The number of likely N-dealkylation sites (tertiary alicyclic amines) is 1. The molecule has 1 atom stereocenters. The second-order valence-electron chi connectivity index (χ2n) is 4.96. The van der Waals surface area contributed by atoms with Crippen LogP contribution in [0.25, 0.3) is 0 Å². The molecule has 1 aliphatic heterocycles. The van der Waals surface area contributed by atoms with E-state index in [1.807, 2.05) is 0 Å². The highest BCUT2D eigenvalue weighted by molar-refractivity contribution is 4.93. The Balaban J connectivity index is 2.02. The Hall–Kier alpha value is -0.0400. The van der Waals surface area contributed by atoms with Gasteiger partial charge >= 0.3 is 0 Å². The molecule has 1 heterocycles. The highest BCUT2D eigenvalue weighted by atomic mass is 15.1. The molecule has 1 aliphatic carbocycles. The molecule has 2 aliphatic rings. The molecule has 0 aromatic rings. The molecule has 12 heavy (non-hydrogen) atoms. The van der Waals surface area contributed by atoms with Gasteiger partial charge in [-0.3, -0.25) is 0 Å². The van der Waals surface area contributed by atoms with Gasteiger partial charge in [0.1, 0.15) is 0 Å². The van der Waals surface area contributed by atoms with Crippen LogP contribution in [0, 0.1) is 11.3 Å². The van der Waals surface area contributed by atoms with Crippen LogP contribution in [0.5, 0.6) is 0 Å². The van der Waals surface area contributed by atoms with Crippen molar-refractivity contribution in [3.05, 3.63) is 0 Å². The predicted molar refractivity (Wildman–Crippen MR) is 52.2 cm³/mol. The molecule has 0 aromatic heterocycles. The fourth-order valence-corrected chi connectivity index (χ4v) is 3.12. The first kappa shape index (κ1) is 8.55. The van der Waals surface area contributed by atoms with Gasteiger partial charge in [-0.05, 0) is 50.7 Å². The summed E-state index contributed by atoms with van der Waals surface area (Å²) in [7, 11) is 2.26. The van der Waals surface area contributed by atoms with Crippen LogP contribution >= 0.6 is 0 Å². The Morgan fingerprint density at radius 2 is 1.83 bits per heavy atom. The molecule has 1 heteroatoms. The summed E-state index contributed by atoms with van der Waals surface area (Å²) in [6, 6.07) is 0. The van der Waals surface area contributed by atoms with E-state index in [-0.39, 0.29) is 0 Å². The first-order valence-corrected chi connectivity index (χ1v) is 5.41. The van der Waals surface area contributed by atoms with Gasteiger partial charge in [0.05, 0.1) is 0 Å². The van der Waals surface area contributed by atoms with Gasteiger partial charge in [0.15, 0.2) is 0 Å². The average molecular weight is 167 g/mol. The van der Waals surface area contributed by atoms with Crippen LogP contribution in [0.3, 0.4) is 0 Å².